The van der Waals surface area contributed by atoms with E-state index in [-0.39, 0.29) is 6.04 Å². The molecule has 2 amide bonds. The minimum atomic E-state index is -0.413. The molecule has 4 N–H and O–H groups in total. The number of nitrogens with two attached hydrogens (primary N) is 1. The number of para-hydroxylation sites is 2. The number of aromatic amines is 1. The molecule has 0 aliphatic carbocycles. The minimum Gasteiger partial charge on any atom is -0.361 e. The maximum absolute atomic E-state index is 12.2. The second-order valence-corrected chi connectivity index (χ2v) is 7.06. The number of nitrogens with zero attached hydrogens (tertiary/aromatic N) is 1. The number of amides is 2. The number of nitrogens with one attached hydrogen (secondary N) is 2. The molecular weight excluding hydrogens is 348 g/mol. The van der Waals surface area contributed by atoms with Crippen molar-refractivity contribution in [2.24, 2.45) is 5.73 Å². The van der Waals surface area contributed by atoms with Gasteiger partial charge in [0.2, 0.25) is 0 Å². The number of fused-ring (bicyclic) bond motifs is 2. The average molecular weight is 368 g/mol. The quantitative estimate of drug-likeness (QED) is 0.481. The maximum atomic E-state index is 12.2. The Morgan fingerprint density at radius 3 is 2.57 bits per heavy atom. The molecule has 1 aliphatic heterocycles. The molecule has 0 bridgehead atoms. The van der Waals surface area contributed by atoms with E-state index in [0.717, 1.165) is 39.0 Å². The summed E-state index contributed by atoms with van der Waals surface area (Å²) in [5.41, 5.74) is 12.1. The summed E-state index contributed by atoms with van der Waals surface area (Å²) in [6.07, 6.45) is 1.98. The van der Waals surface area contributed by atoms with Gasteiger partial charge in [0.15, 0.2) is 0 Å². The first-order valence-corrected chi connectivity index (χ1v) is 9.28. The molecular formula is C23H20N4O. The summed E-state index contributed by atoms with van der Waals surface area (Å²) in [6.45, 7) is 0.499. The van der Waals surface area contributed by atoms with E-state index in [2.05, 4.69) is 34.6 Å². The van der Waals surface area contributed by atoms with E-state index >= 15 is 0 Å². The summed E-state index contributed by atoms with van der Waals surface area (Å²) < 4.78 is 0. The van der Waals surface area contributed by atoms with Crippen LogP contribution in [-0.4, -0.2) is 15.9 Å². The van der Waals surface area contributed by atoms with Gasteiger partial charge in [0.25, 0.3) is 0 Å². The zero-order valence-corrected chi connectivity index (χ0v) is 15.2. The van der Waals surface area contributed by atoms with Crippen LogP contribution < -0.4 is 11.1 Å². The van der Waals surface area contributed by atoms with E-state index in [1.54, 1.807) is 4.90 Å². The first kappa shape index (κ1) is 16.4. The third kappa shape index (κ3) is 2.68. The van der Waals surface area contributed by atoms with E-state index in [1.807, 2.05) is 54.7 Å². The van der Waals surface area contributed by atoms with Gasteiger partial charge in [0, 0.05) is 40.6 Å². The highest BCUT2D eigenvalue weighted by Crippen LogP contribution is 2.42. The lowest BCUT2D eigenvalue weighted by molar-refractivity contribution is 0.199. The Kier molecular flexibility index (Phi) is 3.79. The molecule has 1 aliphatic rings. The molecule has 1 unspecified atom stereocenters. The third-order valence-electron chi connectivity index (χ3n) is 5.35. The summed E-state index contributed by atoms with van der Waals surface area (Å²) in [4.78, 5) is 17.2. The molecule has 0 radical (unpaired) electrons. The van der Waals surface area contributed by atoms with Gasteiger partial charge in [-0.2, -0.15) is 0 Å². The largest absolute Gasteiger partial charge is 0.361 e. The molecule has 5 rings (SSSR count). The predicted molar refractivity (Wildman–Crippen MR) is 111 cm³/mol. The Morgan fingerprint density at radius 1 is 0.964 bits per heavy atom. The van der Waals surface area contributed by atoms with Crippen LogP contribution in [0.4, 0.5) is 16.2 Å². The van der Waals surface area contributed by atoms with Gasteiger partial charge in [0.05, 0.1) is 6.04 Å². The van der Waals surface area contributed by atoms with Crippen molar-refractivity contribution in [3.8, 4) is 0 Å². The summed E-state index contributed by atoms with van der Waals surface area (Å²) in [7, 11) is 0. The van der Waals surface area contributed by atoms with Gasteiger partial charge in [-0.25, -0.2) is 4.79 Å². The van der Waals surface area contributed by atoms with Crippen LogP contribution in [0.5, 0.6) is 0 Å². The topological polar surface area (TPSA) is 74.2 Å². The first-order valence-electron chi connectivity index (χ1n) is 9.28. The van der Waals surface area contributed by atoms with Crippen LogP contribution in [-0.2, 0) is 6.54 Å². The molecule has 0 saturated carbocycles. The Balaban J connectivity index is 1.56. The lowest BCUT2D eigenvalue weighted by atomic mass is 9.97. The number of H-pyrrole nitrogens is 1. The van der Waals surface area contributed by atoms with Crippen molar-refractivity contribution in [2.75, 3.05) is 5.32 Å². The maximum Gasteiger partial charge on any atom is 0.315 e. The molecule has 5 heteroatoms. The normalized spacial score (nSPS) is 15.6. The highest BCUT2D eigenvalue weighted by Gasteiger charge is 2.35. The molecule has 0 fully saturated rings. The van der Waals surface area contributed by atoms with Crippen LogP contribution in [0.2, 0.25) is 0 Å². The van der Waals surface area contributed by atoms with Crippen molar-refractivity contribution in [1.29, 1.82) is 0 Å². The lowest BCUT2D eigenvalue weighted by Gasteiger charge is -2.23. The van der Waals surface area contributed by atoms with Gasteiger partial charge in [0.1, 0.15) is 0 Å². The van der Waals surface area contributed by atoms with Crippen molar-refractivity contribution in [3.05, 3.63) is 95.7 Å². The second-order valence-electron chi connectivity index (χ2n) is 7.06. The van der Waals surface area contributed by atoms with Crippen LogP contribution in [0.1, 0.15) is 22.7 Å². The van der Waals surface area contributed by atoms with Crippen molar-refractivity contribution in [2.45, 2.75) is 12.6 Å². The molecule has 0 saturated heterocycles. The zero-order chi connectivity index (χ0) is 19.1. The molecule has 1 atom stereocenters. The van der Waals surface area contributed by atoms with Crippen molar-refractivity contribution in [1.82, 2.24) is 9.88 Å². The smallest absolute Gasteiger partial charge is 0.315 e. The molecule has 28 heavy (non-hydrogen) atoms. The van der Waals surface area contributed by atoms with E-state index in [1.165, 1.54) is 0 Å². The van der Waals surface area contributed by atoms with Gasteiger partial charge in [-0.3, -0.25) is 0 Å². The van der Waals surface area contributed by atoms with Gasteiger partial charge in [-0.1, -0.05) is 42.5 Å². The zero-order valence-electron chi connectivity index (χ0n) is 15.2. The van der Waals surface area contributed by atoms with Gasteiger partial charge in [-0.15, -0.1) is 0 Å². The van der Waals surface area contributed by atoms with E-state index in [4.69, 9.17) is 5.73 Å². The summed E-state index contributed by atoms with van der Waals surface area (Å²) in [6, 6.07) is 23.8. The number of carbonyl (C=O) groups is 1. The average Bonchev–Trinajstić information content (AvgIpc) is 3.29. The fourth-order valence-electron chi connectivity index (χ4n) is 4.08. The third-order valence-corrected chi connectivity index (χ3v) is 5.35. The van der Waals surface area contributed by atoms with Crippen molar-refractivity contribution in [3.63, 3.8) is 0 Å². The number of primary amides is 1. The molecule has 1 aromatic heterocycles. The number of aromatic nitrogens is 1. The summed E-state index contributed by atoms with van der Waals surface area (Å²) >= 11 is 0. The van der Waals surface area contributed by atoms with Crippen LogP contribution in [0.3, 0.4) is 0 Å². The van der Waals surface area contributed by atoms with Gasteiger partial charge in [-0.05, 0) is 41.5 Å². The summed E-state index contributed by atoms with van der Waals surface area (Å²) in [5, 5.41) is 4.53. The van der Waals surface area contributed by atoms with Crippen LogP contribution in [0, 0.1) is 0 Å². The summed E-state index contributed by atoms with van der Waals surface area (Å²) in [5.74, 6) is 0. The molecule has 138 valence electrons. The number of hydrogen-bond acceptors (Lipinski definition) is 2. The fraction of sp³-hybridized carbons (Fsp3) is 0.0870. The number of carbonyl (C=O) groups excluding carboxylic acids is 1. The Hall–Kier alpha value is -3.73. The molecule has 5 nitrogen and oxygen atoms in total. The predicted octanol–water partition coefficient (Wildman–Crippen LogP) is 4.90. The monoisotopic (exact) mass is 368 g/mol. The Labute approximate surface area is 162 Å². The highest BCUT2D eigenvalue weighted by atomic mass is 16.2. The van der Waals surface area contributed by atoms with Crippen LogP contribution in [0.25, 0.3) is 10.9 Å². The SMILES string of the molecule is NC(=O)N1Cc2cc(Nc3ccccc3)ccc2C1c1c[nH]c2ccccc12. The highest BCUT2D eigenvalue weighted by molar-refractivity contribution is 5.86. The first-order chi connectivity index (χ1) is 13.7. The van der Waals surface area contributed by atoms with Gasteiger partial charge >= 0.3 is 6.03 Å². The standard InChI is InChI=1S/C23H20N4O/c24-23(28)27-14-15-12-17(26-16-6-2-1-3-7-16)10-11-18(15)22(27)20-13-25-21-9-5-4-8-19(20)21/h1-13,22,25-26H,14H2,(H2,24,28). The molecule has 4 aromatic rings. The molecule has 0 spiro atoms. The molecule has 2 heterocycles. The lowest BCUT2D eigenvalue weighted by Crippen LogP contribution is -2.34. The van der Waals surface area contributed by atoms with E-state index < -0.39 is 6.03 Å². The number of anilines is 2. The Bertz CT molecular complexity index is 1170. The van der Waals surface area contributed by atoms with Crippen LogP contribution in [0.15, 0.2) is 79.0 Å². The van der Waals surface area contributed by atoms with E-state index in [9.17, 15) is 4.79 Å². The fourth-order valence-corrected chi connectivity index (χ4v) is 4.08. The molecule has 3 aromatic carbocycles. The number of benzene rings is 3. The van der Waals surface area contributed by atoms with E-state index in [0.29, 0.717) is 6.54 Å². The minimum absolute atomic E-state index is 0.186. The van der Waals surface area contributed by atoms with Gasteiger partial charge < -0.3 is 20.9 Å². The number of urea groups is 1. The van der Waals surface area contributed by atoms with Crippen LogP contribution >= 0.6 is 0 Å². The van der Waals surface area contributed by atoms with Crippen molar-refractivity contribution >= 4 is 28.3 Å². The second kappa shape index (κ2) is 6.46. The Morgan fingerprint density at radius 2 is 1.75 bits per heavy atom. The number of rotatable bonds is 3. The van der Waals surface area contributed by atoms with Crippen molar-refractivity contribution < 1.29 is 4.79 Å². The number of hydrogen-bond donors (Lipinski definition) is 3.